The fourth-order valence-corrected chi connectivity index (χ4v) is 3.11. The van der Waals surface area contributed by atoms with E-state index >= 15 is 0 Å². The number of aromatic nitrogens is 4. The van der Waals surface area contributed by atoms with Crippen LogP contribution in [0.5, 0.6) is 0 Å². The van der Waals surface area contributed by atoms with Gasteiger partial charge in [0, 0.05) is 5.56 Å². The number of alkyl halides is 3. The van der Waals surface area contributed by atoms with Crippen LogP contribution in [0, 0.1) is 12.7 Å². The minimum atomic E-state index is -4.81. The number of amides is 1. The van der Waals surface area contributed by atoms with E-state index in [9.17, 15) is 27.2 Å². The van der Waals surface area contributed by atoms with E-state index in [4.69, 9.17) is 5.73 Å². The summed E-state index contributed by atoms with van der Waals surface area (Å²) in [4.78, 5) is 35.0. The summed E-state index contributed by atoms with van der Waals surface area (Å²) in [5, 5.41) is 0. The van der Waals surface area contributed by atoms with Crippen molar-refractivity contribution >= 4 is 17.1 Å². The molecule has 2 heterocycles. The van der Waals surface area contributed by atoms with E-state index in [1.807, 2.05) is 6.92 Å². The number of aromatic amines is 1. The van der Waals surface area contributed by atoms with E-state index in [1.54, 1.807) is 24.3 Å². The van der Waals surface area contributed by atoms with Gasteiger partial charge in [0.1, 0.15) is 11.3 Å². The monoisotopic (exact) mass is 431 g/mol. The summed E-state index contributed by atoms with van der Waals surface area (Å²) in [6.07, 6.45) is -4.81. The lowest BCUT2D eigenvalue weighted by Crippen LogP contribution is -2.15. The minimum Gasteiger partial charge on any atom is -0.364 e. The van der Waals surface area contributed by atoms with Crippen LogP contribution < -0.4 is 11.4 Å². The number of halogens is 4. The average molecular weight is 431 g/mol. The molecule has 1 amide bonds. The second kappa shape index (κ2) is 7.04. The van der Waals surface area contributed by atoms with Gasteiger partial charge in [-0.25, -0.2) is 23.7 Å². The largest absolute Gasteiger partial charge is 0.416 e. The predicted molar refractivity (Wildman–Crippen MR) is 103 cm³/mol. The Balaban J connectivity index is 2.04. The smallest absolute Gasteiger partial charge is 0.364 e. The Hall–Kier alpha value is -4.02. The molecule has 0 spiro atoms. The summed E-state index contributed by atoms with van der Waals surface area (Å²) < 4.78 is 54.4. The van der Waals surface area contributed by atoms with Gasteiger partial charge in [0.2, 0.25) is 0 Å². The number of primary amides is 1. The van der Waals surface area contributed by atoms with E-state index in [1.165, 1.54) is 0 Å². The highest BCUT2D eigenvalue weighted by Gasteiger charge is 2.32. The quantitative estimate of drug-likeness (QED) is 0.485. The van der Waals surface area contributed by atoms with E-state index < -0.39 is 40.7 Å². The van der Waals surface area contributed by atoms with Gasteiger partial charge in [-0.2, -0.15) is 13.2 Å². The molecule has 0 bridgehead atoms. The summed E-state index contributed by atoms with van der Waals surface area (Å²) in [7, 11) is 0. The zero-order valence-electron chi connectivity index (χ0n) is 15.8. The van der Waals surface area contributed by atoms with Gasteiger partial charge in [0.15, 0.2) is 17.2 Å². The summed E-state index contributed by atoms with van der Waals surface area (Å²) in [5.74, 6) is -2.61. The first kappa shape index (κ1) is 20.3. The molecule has 0 fully saturated rings. The van der Waals surface area contributed by atoms with Crippen molar-refractivity contribution in [2.75, 3.05) is 0 Å². The van der Waals surface area contributed by atoms with E-state index in [2.05, 4.69) is 15.0 Å². The molecule has 4 rings (SSSR count). The zero-order chi connectivity index (χ0) is 22.5. The SMILES string of the molecule is Cc1ccc(-n2c(=O)[nH]c3c(C(N)=O)nc(-c4cc(F)cc(C(F)(F)F)c4)nc32)cc1. The maximum atomic E-state index is 13.9. The highest BCUT2D eigenvalue weighted by Crippen LogP contribution is 2.33. The second-order valence-electron chi connectivity index (χ2n) is 6.79. The lowest BCUT2D eigenvalue weighted by atomic mass is 10.1. The Morgan fingerprint density at radius 3 is 2.39 bits per heavy atom. The zero-order valence-corrected chi connectivity index (χ0v) is 15.8. The summed E-state index contributed by atoms with van der Waals surface area (Å²) in [6, 6.07) is 8.49. The predicted octanol–water partition coefficient (Wildman–Crippen LogP) is 3.34. The third-order valence-electron chi connectivity index (χ3n) is 4.55. The third-order valence-corrected chi connectivity index (χ3v) is 4.55. The fourth-order valence-electron chi connectivity index (χ4n) is 3.11. The Morgan fingerprint density at radius 2 is 1.77 bits per heavy atom. The number of nitrogens with one attached hydrogen (secondary N) is 1. The van der Waals surface area contributed by atoms with Crippen molar-refractivity contribution in [1.82, 2.24) is 19.5 Å². The Bertz CT molecular complexity index is 1390. The number of hydrogen-bond acceptors (Lipinski definition) is 4. The molecule has 3 N–H and O–H groups in total. The average Bonchev–Trinajstić information content (AvgIpc) is 3.02. The summed E-state index contributed by atoms with van der Waals surface area (Å²) in [5.41, 5.74) is 3.82. The van der Waals surface area contributed by atoms with Crippen molar-refractivity contribution in [2.24, 2.45) is 5.73 Å². The fraction of sp³-hybridized carbons (Fsp3) is 0.100. The van der Waals surface area contributed by atoms with Crippen LogP contribution in [0.15, 0.2) is 47.3 Å². The van der Waals surface area contributed by atoms with Gasteiger partial charge in [0.05, 0.1) is 11.3 Å². The number of carbonyl (C=O) groups is 1. The van der Waals surface area contributed by atoms with Crippen molar-refractivity contribution in [3.63, 3.8) is 0 Å². The van der Waals surface area contributed by atoms with Crippen LogP contribution in [0.3, 0.4) is 0 Å². The number of rotatable bonds is 3. The topological polar surface area (TPSA) is 107 Å². The second-order valence-corrected chi connectivity index (χ2v) is 6.79. The lowest BCUT2D eigenvalue weighted by Gasteiger charge is -2.10. The molecule has 0 atom stereocenters. The molecule has 4 aromatic rings. The number of H-pyrrole nitrogens is 1. The van der Waals surface area contributed by atoms with Gasteiger partial charge in [-0.15, -0.1) is 0 Å². The van der Waals surface area contributed by atoms with Gasteiger partial charge in [-0.1, -0.05) is 17.7 Å². The first-order chi connectivity index (χ1) is 14.5. The highest BCUT2D eigenvalue weighted by atomic mass is 19.4. The molecule has 0 unspecified atom stereocenters. The van der Waals surface area contributed by atoms with Crippen LogP contribution in [-0.2, 0) is 6.18 Å². The summed E-state index contributed by atoms with van der Waals surface area (Å²) in [6.45, 7) is 1.84. The molecule has 0 saturated heterocycles. The van der Waals surface area contributed by atoms with E-state index in [0.29, 0.717) is 17.8 Å². The molecule has 0 radical (unpaired) electrons. The number of nitrogens with two attached hydrogens (primary N) is 1. The van der Waals surface area contributed by atoms with E-state index in [0.717, 1.165) is 16.2 Å². The maximum absolute atomic E-state index is 13.9. The van der Waals surface area contributed by atoms with Gasteiger partial charge in [-0.3, -0.25) is 4.79 Å². The molecule has 2 aromatic heterocycles. The number of fused-ring (bicyclic) bond motifs is 1. The molecule has 7 nitrogen and oxygen atoms in total. The van der Waals surface area contributed by atoms with Crippen LogP contribution in [0.4, 0.5) is 17.6 Å². The molecule has 0 saturated carbocycles. The molecule has 2 aromatic carbocycles. The van der Waals surface area contributed by atoms with Crippen molar-refractivity contribution < 1.29 is 22.4 Å². The van der Waals surface area contributed by atoms with Crippen LogP contribution in [-0.4, -0.2) is 25.4 Å². The van der Waals surface area contributed by atoms with Crippen LogP contribution in [0.25, 0.3) is 28.2 Å². The molecule has 0 aliphatic rings. The number of imidazole rings is 1. The molecule has 0 aliphatic heterocycles. The highest BCUT2D eigenvalue weighted by molar-refractivity contribution is 6.02. The molecule has 11 heteroatoms. The van der Waals surface area contributed by atoms with Gasteiger partial charge < -0.3 is 10.7 Å². The number of nitrogens with zero attached hydrogens (tertiary/aromatic N) is 3. The van der Waals surface area contributed by atoms with E-state index in [-0.39, 0.29) is 16.7 Å². The Labute approximate surface area is 171 Å². The minimum absolute atomic E-state index is 0.0886. The first-order valence-corrected chi connectivity index (χ1v) is 8.82. The number of aryl methyl sites for hydroxylation is 1. The van der Waals surface area contributed by atoms with Crippen LogP contribution in [0.1, 0.15) is 21.6 Å². The maximum Gasteiger partial charge on any atom is 0.416 e. The number of carbonyl (C=O) groups excluding carboxylic acids is 1. The van der Waals surface area contributed by atoms with Gasteiger partial charge in [-0.05, 0) is 37.3 Å². The summed E-state index contributed by atoms with van der Waals surface area (Å²) >= 11 is 0. The lowest BCUT2D eigenvalue weighted by molar-refractivity contribution is -0.137. The normalized spacial score (nSPS) is 11.8. The van der Waals surface area contributed by atoms with Crippen molar-refractivity contribution in [3.05, 3.63) is 75.6 Å². The molecule has 31 heavy (non-hydrogen) atoms. The number of hydrogen-bond donors (Lipinski definition) is 2. The van der Waals surface area contributed by atoms with Crippen molar-refractivity contribution in [1.29, 1.82) is 0 Å². The third kappa shape index (κ3) is 3.65. The first-order valence-electron chi connectivity index (χ1n) is 8.82. The van der Waals surface area contributed by atoms with Crippen molar-refractivity contribution in [3.8, 4) is 17.1 Å². The molecular weight excluding hydrogens is 418 g/mol. The molecule has 158 valence electrons. The molecular formula is C20H13F4N5O2. The molecule has 0 aliphatic carbocycles. The van der Waals surface area contributed by atoms with Gasteiger partial charge >= 0.3 is 11.9 Å². The Morgan fingerprint density at radius 1 is 1.10 bits per heavy atom. The Kier molecular flexibility index (Phi) is 4.60. The van der Waals surface area contributed by atoms with Crippen LogP contribution >= 0.6 is 0 Å². The van der Waals surface area contributed by atoms with Crippen LogP contribution in [0.2, 0.25) is 0 Å². The van der Waals surface area contributed by atoms with Gasteiger partial charge in [0.25, 0.3) is 5.91 Å². The standard InChI is InChI=1S/C20H13F4N5O2/c1-9-2-4-13(5-3-9)29-18-15(27-19(29)31)14(16(25)30)26-17(28-18)10-6-11(20(22,23)24)8-12(21)7-10/h2-8H,1H3,(H2,25,30)(H,27,31). The number of benzene rings is 2. The van der Waals surface area contributed by atoms with Crippen molar-refractivity contribution in [2.45, 2.75) is 13.1 Å².